The van der Waals surface area contributed by atoms with Crippen LogP contribution in [-0.4, -0.2) is 22.6 Å². The maximum atomic E-state index is 12.7. The van der Waals surface area contributed by atoms with Gasteiger partial charge in [0.1, 0.15) is 11.6 Å². The molecule has 5 nitrogen and oxygen atoms in total. The summed E-state index contributed by atoms with van der Waals surface area (Å²) < 4.78 is 7.33. The summed E-state index contributed by atoms with van der Waals surface area (Å²) in [4.78, 5) is 17.5. The highest BCUT2D eigenvalue weighted by Gasteiger charge is 2.19. The fraction of sp³-hybridized carbons (Fsp3) is 0.167. The van der Waals surface area contributed by atoms with Gasteiger partial charge in [0.2, 0.25) is 0 Å². The summed E-state index contributed by atoms with van der Waals surface area (Å²) >= 11 is 0. The number of methoxy groups -OCH3 is 1. The predicted octanol–water partition coefficient (Wildman–Crippen LogP) is 4.58. The molecule has 0 unspecified atom stereocenters. The molecule has 0 spiro atoms. The lowest BCUT2D eigenvalue weighted by Gasteiger charge is -2.17. The Balaban J connectivity index is 1.63. The smallest absolute Gasteiger partial charge is 0.251 e. The Bertz CT molecular complexity index is 1120. The lowest BCUT2D eigenvalue weighted by molar-refractivity contribution is 0.0937. The van der Waals surface area contributed by atoms with E-state index < -0.39 is 0 Å². The third-order valence-electron chi connectivity index (χ3n) is 4.95. The zero-order chi connectivity index (χ0) is 20.2. The molecule has 3 aromatic carbocycles. The number of ether oxygens (including phenoxy) is 1. The maximum absolute atomic E-state index is 12.7. The first-order valence-corrected chi connectivity index (χ1v) is 9.59. The molecule has 4 rings (SSSR count). The number of carbonyl (C=O) groups excluding carboxylic acids is 1. The van der Waals surface area contributed by atoms with Crippen LogP contribution in [0.15, 0.2) is 78.9 Å². The van der Waals surface area contributed by atoms with E-state index in [0.717, 1.165) is 22.6 Å². The Morgan fingerprint density at radius 2 is 1.69 bits per heavy atom. The minimum absolute atomic E-state index is 0.140. The summed E-state index contributed by atoms with van der Waals surface area (Å²) in [6, 6.07) is 25.1. The largest absolute Gasteiger partial charge is 0.497 e. The van der Waals surface area contributed by atoms with Crippen molar-refractivity contribution in [2.24, 2.45) is 0 Å². The van der Waals surface area contributed by atoms with Gasteiger partial charge in [-0.15, -0.1) is 0 Å². The highest BCUT2D eigenvalue weighted by Crippen LogP contribution is 2.23. The Kier molecular flexibility index (Phi) is 5.29. The molecule has 0 aliphatic carbocycles. The van der Waals surface area contributed by atoms with Crippen molar-refractivity contribution >= 4 is 16.9 Å². The Morgan fingerprint density at radius 1 is 1.00 bits per heavy atom. The van der Waals surface area contributed by atoms with Crippen molar-refractivity contribution in [3.8, 4) is 5.75 Å². The zero-order valence-corrected chi connectivity index (χ0v) is 16.5. The van der Waals surface area contributed by atoms with Gasteiger partial charge in [0.25, 0.3) is 5.91 Å². The molecule has 0 aliphatic rings. The molecule has 5 heteroatoms. The quantitative estimate of drug-likeness (QED) is 0.528. The van der Waals surface area contributed by atoms with Crippen LogP contribution in [0.1, 0.15) is 34.7 Å². The fourth-order valence-corrected chi connectivity index (χ4v) is 3.44. The molecule has 146 valence electrons. The van der Waals surface area contributed by atoms with E-state index in [0.29, 0.717) is 12.1 Å². The summed E-state index contributed by atoms with van der Waals surface area (Å²) in [5.41, 5.74) is 3.75. The number of para-hydroxylation sites is 2. The number of fused-ring (bicyclic) bond motifs is 1. The molecule has 4 aromatic rings. The molecule has 0 fully saturated rings. The summed E-state index contributed by atoms with van der Waals surface area (Å²) in [6.07, 6.45) is 0. The average Bonchev–Trinajstić information content (AvgIpc) is 3.13. The van der Waals surface area contributed by atoms with Gasteiger partial charge < -0.3 is 14.6 Å². The third-order valence-corrected chi connectivity index (χ3v) is 4.95. The molecule has 0 bridgehead atoms. The standard InChI is InChI=1S/C24H23N3O2/c1-17(25-24(28)19-12-14-20(29-2)15-13-19)23-26-21-10-6-7-11-22(21)27(23)16-18-8-4-3-5-9-18/h3-15,17H,16H2,1-2H3,(H,25,28)/t17-/m0/s1. The SMILES string of the molecule is COc1ccc(C(=O)N[C@@H](C)c2nc3ccccc3n2Cc2ccccc2)cc1. The predicted molar refractivity (Wildman–Crippen MR) is 114 cm³/mol. The average molecular weight is 385 g/mol. The summed E-state index contributed by atoms with van der Waals surface area (Å²) in [5.74, 6) is 1.41. The zero-order valence-electron chi connectivity index (χ0n) is 16.5. The minimum Gasteiger partial charge on any atom is -0.497 e. The number of nitrogens with zero attached hydrogens (tertiary/aromatic N) is 2. The van der Waals surface area contributed by atoms with Gasteiger partial charge >= 0.3 is 0 Å². The number of aromatic nitrogens is 2. The number of rotatable bonds is 6. The minimum atomic E-state index is -0.249. The lowest BCUT2D eigenvalue weighted by atomic mass is 10.2. The lowest BCUT2D eigenvalue weighted by Crippen LogP contribution is -2.28. The van der Waals surface area contributed by atoms with Crippen LogP contribution < -0.4 is 10.1 Å². The van der Waals surface area contributed by atoms with Crippen molar-refractivity contribution in [2.75, 3.05) is 7.11 Å². The molecule has 29 heavy (non-hydrogen) atoms. The van der Waals surface area contributed by atoms with Crippen molar-refractivity contribution in [2.45, 2.75) is 19.5 Å². The van der Waals surface area contributed by atoms with Gasteiger partial charge in [-0.2, -0.15) is 0 Å². The van der Waals surface area contributed by atoms with Crippen LogP contribution in [0.2, 0.25) is 0 Å². The maximum Gasteiger partial charge on any atom is 0.251 e. The van der Waals surface area contributed by atoms with Gasteiger partial charge in [-0.25, -0.2) is 4.98 Å². The van der Waals surface area contributed by atoms with Gasteiger partial charge in [0.15, 0.2) is 0 Å². The third kappa shape index (κ3) is 3.99. The monoisotopic (exact) mass is 385 g/mol. The van der Waals surface area contributed by atoms with Crippen LogP contribution in [0.5, 0.6) is 5.75 Å². The van der Waals surface area contributed by atoms with Crippen LogP contribution in [0.25, 0.3) is 11.0 Å². The van der Waals surface area contributed by atoms with Crippen molar-refractivity contribution < 1.29 is 9.53 Å². The second kappa shape index (κ2) is 8.19. The molecule has 1 atom stereocenters. The molecule has 1 heterocycles. The van der Waals surface area contributed by atoms with Crippen LogP contribution in [0.3, 0.4) is 0 Å². The Labute approximate surface area is 170 Å². The number of carbonyl (C=O) groups is 1. The van der Waals surface area contributed by atoms with E-state index in [4.69, 9.17) is 9.72 Å². The molecule has 1 aromatic heterocycles. The first kappa shape index (κ1) is 18.7. The van der Waals surface area contributed by atoms with E-state index in [1.54, 1.807) is 31.4 Å². The number of hydrogen-bond acceptors (Lipinski definition) is 3. The molecule has 1 amide bonds. The molecule has 0 aliphatic heterocycles. The summed E-state index contributed by atoms with van der Waals surface area (Å²) in [6.45, 7) is 2.66. The highest BCUT2D eigenvalue weighted by molar-refractivity contribution is 5.94. The highest BCUT2D eigenvalue weighted by atomic mass is 16.5. The van der Waals surface area contributed by atoms with Gasteiger partial charge in [-0.3, -0.25) is 4.79 Å². The summed E-state index contributed by atoms with van der Waals surface area (Å²) in [7, 11) is 1.61. The molecular weight excluding hydrogens is 362 g/mol. The van der Waals surface area contributed by atoms with E-state index in [1.165, 1.54) is 5.56 Å². The van der Waals surface area contributed by atoms with Crippen molar-refractivity contribution in [3.05, 3.63) is 95.8 Å². The number of imidazole rings is 1. The molecule has 1 N–H and O–H groups in total. The molecular formula is C24H23N3O2. The van der Waals surface area contributed by atoms with E-state index in [-0.39, 0.29) is 11.9 Å². The van der Waals surface area contributed by atoms with Crippen LogP contribution in [0, 0.1) is 0 Å². The number of amides is 1. The summed E-state index contributed by atoms with van der Waals surface area (Å²) in [5, 5.41) is 3.07. The van der Waals surface area contributed by atoms with Crippen molar-refractivity contribution in [3.63, 3.8) is 0 Å². The number of benzene rings is 3. The molecule has 0 saturated carbocycles. The van der Waals surface area contributed by atoms with E-state index in [1.807, 2.05) is 43.3 Å². The Morgan fingerprint density at radius 3 is 2.41 bits per heavy atom. The van der Waals surface area contributed by atoms with Gasteiger partial charge in [0.05, 0.1) is 24.2 Å². The van der Waals surface area contributed by atoms with E-state index in [9.17, 15) is 4.79 Å². The number of hydrogen-bond donors (Lipinski definition) is 1. The second-order valence-electron chi connectivity index (χ2n) is 6.95. The second-order valence-corrected chi connectivity index (χ2v) is 6.95. The normalized spacial score (nSPS) is 11.9. The van der Waals surface area contributed by atoms with Gasteiger partial charge in [0, 0.05) is 12.1 Å². The van der Waals surface area contributed by atoms with Crippen LogP contribution in [-0.2, 0) is 6.54 Å². The fourth-order valence-electron chi connectivity index (χ4n) is 3.44. The van der Waals surface area contributed by atoms with Crippen molar-refractivity contribution in [1.29, 1.82) is 0 Å². The van der Waals surface area contributed by atoms with Crippen LogP contribution in [0.4, 0.5) is 0 Å². The topological polar surface area (TPSA) is 56.1 Å². The van der Waals surface area contributed by atoms with E-state index >= 15 is 0 Å². The van der Waals surface area contributed by atoms with E-state index in [2.05, 4.69) is 28.1 Å². The molecule has 0 radical (unpaired) electrons. The first-order valence-electron chi connectivity index (χ1n) is 9.59. The van der Waals surface area contributed by atoms with Gasteiger partial charge in [-0.1, -0.05) is 42.5 Å². The molecule has 0 saturated heterocycles. The van der Waals surface area contributed by atoms with Gasteiger partial charge in [-0.05, 0) is 48.9 Å². The first-order chi connectivity index (χ1) is 14.2. The van der Waals surface area contributed by atoms with Crippen LogP contribution >= 0.6 is 0 Å². The van der Waals surface area contributed by atoms with Crippen molar-refractivity contribution in [1.82, 2.24) is 14.9 Å². The Hall–Kier alpha value is -3.60. The number of nitrogens with one attached hydrogen (secondary N) is 1.